The van der Waals surface area contributed by atoms with Crippen LogP contribution in [-0.4, -0.2) is 25.0 Å². The lowest BCUT2D eigenvalue weighted by Gasteiger charge is -2.26. The zero-order valence-electron chi connectivity index (χ0n) is 13.2. The molecule has 0 spiro atoms. The molecule has 0 saturated heterocycles. The number of rotatable bonds is 8. The van der Waals surface area contributed by atoms with E-state index in [1.165, 1.54) is 44.2 Å². The molecule has 0 aliphatic heterocycles. The van der Waals surface area contributed by atoms with E-state index in [9.17, 15) is 0 Å². The molecule has 1 fully saturated rings. The summed E-state index contributed by atoms with van der Waals surface area (Å²) in [5, 5.41) is 3.42. The standard InChI is InChI=1S/C17H30N2O/c1-3-10-18-12-17-16(9-11-20-17)14-19(2)13-15-7-5-4-6-8-15/h9,11,15,18H,3-8,10,12-14H2,1-2H3. The van der Waals surface area contributed by atoms with Gasteiger partial charge in [-0.3, -0.25) is 0 Å². The molecule has 1 aromatic rings. The molecule has 0 unspecified atom stereocenters. The molecule has 1 heterocycles. The SMILES string of the molecule is CCCNCc1occc1CN(C)CC1CCCCC1. The second kappa shape index (κ2) is 8.48. The molecule has 1 N–H and O–H groups in total. The number of hydrogen-bond donors (Lipinski definition) is 1. The highest BCUT2D eigenvalue weighted by molar-refractivity contribution is 5.16. The Morgan fingerprint density at radius 2 is 2.10 bits per heavy atom. The van der Waals surface area contributed by atoms with Gasteiger partial charge in [0.25, 0.3) is 0 Å². The van der Waals surface area contributed by atoms with E-state index in [1.807, 2.05) is 6.26 Å². The fourth-order valence-corrected chi connectivity index (χ4v) is 3.21. The van der Waals surface area contributed by atoms with Crippen LogP contribution < -0.4 is 5.32 Å². The largest absolute Gasteiger partial charge is 0.468 e. The highest BCUT2D eigenvalue weighted by Crippen LogP contribution is 2.24. The number of nitrogens with zero attached hydrogens (tertiary/aromatic N) is 1. The topological polar surface area (TPSA) is 28.4 Å². The highest BCUT2D eigenvalue weighted by Gasteiger charge is 2.16. The van der Waals surface area contributed by atoms with E-state index in [-0.39, 0.29) is 0 Å². The third-order valence-corrected chi connectivity index (χ3v) is 4.28. The number of furan rings is 1. The van der Waals surface area contributed by atoms with Crippen molar-refractivity contribution >= 4 is 0 Å². The van der Waals surface area contributed by atoms with Crippen molar-refractivity contribution in [3.05, 3.63) is 23.7 Å². The van der Waals surface area contributed by atoms with Crippen molar-refractivity contribution in [3.8, 4) is 0 Å². The molecule has 0 atom stereocenters. The van der Waals surface area contributed by atoms with Crippen molar-refractivity contribution in [1.82, 2.24) is 10.2 Å². The van der Waals surface area contributed by atoms with Crippen molar-refractivity contribution in [3.63, 3.8) is 0 Å². The summed E-state index contributed by atoms with van der Waals surface area (Å²) in [5.74, 6) is 2.01. The molecular formula is C17H30N2O. The maximum absolute atomic E-state index is 5.61. The molecule has 0 amide bonds. The second-order valence-corrected chi connectivity index (χ2v) is 6.25. The Morgan fingerprint density at radius 3 is 2.85 bits per heavy atom. The predicted molar refractivity (Wildman–Crippen MR) is 83.6 cm³/mol. The Kier molecular flexibility index (Phi) is 6.61. The lowest BCUT2D eigenvalue weighted by Crippen LogP contribution is -2.27. The molecule has 1 aromatic heterocycles. The summed E-state index contributed by atoms with van der Waals surface area (Å²) < 4.78 is 5.61. The lowest BCUT2D eigenvalue weighted by atomic mass is 9.89. The predicted octanol–water partition coefficient (Wildman–Crippen LogP) is 3.79. The summed E-state index contributed by atoms with van der Waals surface area (Å²) in [7, 11) is 2.24. The molecule has 20 heavy (non-hydrogen) atoms. The van der Waals surface area contributed by atoms with E-state index in [0.29, 0.717) is 0 Å². The summed E-state index contributed by atoms with van der Waals surface area (Å²) in [6.45, 7) is 6.34. The van der Waals surface area contributed by atoms with Gasteiger partial charge < -0.3 is 14.6 Å². The average Bonchev–Trinajstić information content (AvgIpc) is 2.87. The first-order valence-electron chi connectivity index (χ1n) is 8.24. The van der Waals surface area contributed by atoms with E-state index in [2.05, 4.69) is 30.3 Å². The highest BCUT2D eigenvalue weighted by atomic mass is 16.3. The van der Waals surface area contributed by atoms with Crippen LogP contribution in [0.1, 0.15) is 56.8 Å². The number of hydrogen-bond acceptors (Lipinski definition) is 3. The molecule has 1 aliphatic rings. The van der Waals surface area contributed by atoms with Gasteiger partial charge in [-0.2, -0.15) is 0 Å². The van der Waals surface area contributed by atoms with Crippen LogP contribution in [0.2, 0.25) is 0 Å². The lowest BCUT2D eigenvalue weighted by molar-refractivity contribution is 0.227. The Hall–Kier alpha value is -0.800. The maximum Gasteiger partial charge on any atom is 0.122 e. The molecule has 114 valence electrons. The molecule has 0 bridgehead atoms. The minimum atomic E-state index is 0.855. The van der Waals surface area contributed by atoms with Crippen molar-refractivity contribution < 1.29 is 4.42 Å². The van der Waals surface area contributed by atoms with E-state index in [0.717, 1.165) is 37.7 Å². The molecule has 3 nitrogen and oxygen atoms in total. The third-order valence-electron chi connectivity index (χ3n) is 4.28. The van der Waals surface area contributed by atoms with Crippen LogP contribution >= 0.6 is 0 Å². The quantitative estimate of drug-likeness (QED) is 0.733. The van der Waals surface area contributed by atoms with Crippen LogP contribution in [0.5, 0.6) is 0 Å². The summed E-state index contributed by atoms with van der Waals surface area (Å²) in [6, 6.07) is 2.13. The van der Waals surface area contributed by atoms with E-state index in [1.54, 1.807) is 0 Å². The van der Waals surface area contributed by atoms with Gasteiger partial charge in [0.2, 0.25) is 0 Å². The molecule has 3 heteroatoms. The van der Waals surface area contributed by atoms with Gasteiger partial charge in [0.1, 0.15) is 5.76 Å². The zero-order chi connectivity index (χ0) is 14.2. The van der Waals surface area contributed by atoms with Gasteiger partial charge in [0.05, 0.1) is 12.8 Å². The monoisotopic (exact) mass is 278 g/mol. The van der Waals surface area contributed by atoms with Gasteiger partial charge >= 0.3 is 0 Å². The first kappa shape index (κ1) is 15.6. The molecule has 2 rings (SSSR count). The number of nitrogens with one attached hydrogen (secondary N) is 1. The van der Waals surface area contributed by atoms with Crippen LogP contribution in [0.3, 0.4) is 0 Å². The zero-order valence-corrected chi connectivity index (χ0v) is 13.2. The third kappa shape index (κ3) is 4.95. The van der Waals surface area contributed by atoms with Crippen LogP contribution in [0.25, 0.3) is 0 Å². The first-order valence-corrected chi connectivity index (χ1v) is 8.24. The van der Waals surface area contributed by atoms with Crippen LogP contribution in [0.15, 0.2) is 16.7 Å². The molecular weight excluding hydrogens is 248 g/mol. The fourth-order valence-electron chi connectivity index (χ4n) is 3.21. The normalized spacial score (nSPS) is 16.9. The van der Waals surface area contributed by atoms with E-state index >= 15 is 0 Å². The van der Waals surface area contributed by atoms with Gasteiger partial charge in [-0.25, -0.2) is 0 Å². The Bertz CT molecular complexity index is 369. The average molecular weight is 278 g/mol. The fraction of sp³-hybridized carbons (Fsp3) is 0.765. The second-order valence-electron chi connectivity index (χ2n) is 6.25. The summed E-state index contributed by atoms with van der Waals surface area (Å²) in [6.07, 6.45) is 10.1. The van der Waals surface area contributed by atoms with Crippen molar-refractivity contribution in [1.29, 1.82) is 0 Å². The van der Waals surface area contributed by atoms with E-state index < -0.39 is 0 Å². The Balaban J connectivity index is 1.78. The Labute approximate surface area is 123 Å². The summed E-state index contributed by atoms with van der Waals surface area (Å²) in [5.41, 5.74) is 1.34. The van der Waals surface area contributed by atoms with Gasteiger partial charge in [-0.15, -0.1) is 0 Å². The summed E-state index contributed by atoms with van der Waals surface area (Å²) in [4.78, 5) is 2.46. The van der Waals surface area contributed by atoms with Crippen LogP contribution in [0.4, 0.5) is 0 Å². The molecule has 0 aromatic carbocycles. The van der Waals surface area contributed by atoms with Gasteiger partial charge in [-0.05, 0) is 44.8 Å². The molecule has 1 aliphatic carbocycles. The Morgan fingerprint density at radius 1 is 1.30 bits per heavy atom. The van der Waals surface area contributed by atoms with Gasteiger partial charge in [0, 0.05) is 18.7 Å². The van der Waals surface area contributed by atoms with Crippen molar-refractivity contribution in [2.24, 2.45) is 5.92 Å². The van der Waals surface area contributed by atoms with Crippen molar-refractivity contribution in [2.75, 3.05) is 20.1 Å². The smallest absolute Gasteiger partial charge is 0.122 e. The molecule has 1 saturated carbocycles. The summed E-state index contributed by atoms with van der Waals surface area (Å²) >= 11 is 0. The van der Waals surface area contributed by atoms with Crippen LogP contribution in [-0.2, 0) is 13.1 Å². The molecule has 0 radical (unpaired) electrons. The van der Waals surface area contributed by atoms with E-state index in [4.69, 9.17) is 4.42 Å². The van der Waals surface area contributed by atoms with Gasteiger partial charge in [-0.1, -0.05) is 26.2 Å². The van der Waals surface area contributed by atoms with Crippen LogP contribution in [0, 0.1) is 5.92 Å². The van der Waals surface area contributed by atoms with Gasteiger partial charge in [0.15, 0.2) is 0 Å². The minimum Gasteiger partial charge on any atom is -0.468 e. The van der Waals surface area contributed by atoms with Crippen molar-refractivity contribution in [2.45, 2.75) is 58.5 Å². The maximum atomic E-state index is 5.61. The minimum absolute atomic E-state index is 0.855. The first-order chi connectivity index (χ1) is 9.79.